The van der Waals surface area contributed by atoms with Gasteiger partial charge in [-0.25, -0.2) is 0 Å². The van der Waals surface area contributed by atoms with Crippen LogP contribution in [0.5, 0.6) is 0 Å². The van der Waals surface area contributed by atoms with Crippen LogP contribution in [0.3, 0.4) is 0 Å². The molecule has 0 aromatic carbocycles. The molecular formula is C30H60O4. The van der Waals surface area contributed by atoms with Crippen LogP contribution in [0.15, 0.2) is 12.3 Å². The van der Waals surface area contributed by atoms with Crippen molar-refractivity contribution in [2.24, 2.45) is 0 Å². The van der Waals surface area contributed by atoms with Crippen LogP contribution in [0.25, 0.3) is 0 Å². The molecule has 0 aliphatic rings. The lowest BCUT2D eigenvalue weighted by atomic mass is 10.1. The molecule has 0 N–H and O–H groups in total. The largest absolute Gasteiger partial charge is 0.476 e. The summed E-state index contributed by atoms with van der Waals surface area (Å²) in [5, 5.41) is 0. The molecule has 0 saturated carbocycles. The molecular weight excluding hydrogens is 424 g/mol. The van der Waals surface area contributed by atoms with Gasteiger partial charge < -0.3 is 18.9 Å². The number of hydrogen-bond acceptors (Lipinski definition) is 4. The van der Waals surface area contributed by atoms with Gasteiger partial charge in [-0.2, -0.15) is 0 Å². The maximum absolute atomic E-state index is 6.17. The first-order valence-corrected chi connectivity index (χ1v) is 14.8. The van der Waals surface area contributed by atoms with Crippen molar-refractivity contribution >= 4 is 0 Å². The number of unbranched alkanes of at least 4 members (excludes halogenated alkanes) is 17. The summed E-state index contributed by atoms with van der Waals surface area (Å²) in [6.07, 6.45) is 30.8. The lowest BCUT2D eigenvalue weighted by Gasteiger charge is -2.19. The maximum Gasteiger partial charge on any atom is 0.187 e. The van der Waals surface area contributed by atoms with E-state index in [2.05, 4.69) is 19.9 Å². The van der Waals surface area contributed by atoms with Crippen LogP contribution in [0.4, 0.5) is 0 Å². The van der Waals surface area contributed by atoms with Crippen LogP contribution in [0, 0.1) is 0 Å². The second-order valence-electron chi connectivity index (χ2n) is 9.70. The van der Waals surface area contributed by atoms with Gasteiger partial charge in [0.05, 0.1) is 6.26 Å². The van der Waals surface area contributed by atoms with E-state index >= 15 is 0 Å². The number of ether oxygens (including phenoxy) is 4. The lowest BCUT2D eigenvalue weighted by Crippen LogP contribution is -2.19. The minimum atomic E-state index is 0.000972. The van der Waals surface area contributed by atoms with Gasteiger partial charge in [0, 0.05) is 20.3 Å². The zero-order valence-corrected chi connectivity index (χ0v) is 23.3. The van der Waals surface area contributed by atoms with Crippen molar-refractivity contribution in [3.8, 4) is 0 Å². The highest BCUT2D eigenvalue weighted by Crippen LogP contribution is 2.14. The summed E-state index contributed by atoms with van der Waals surface area (Å²) in [5.74, 6) is 0. The Morgan fingerprint density at radius 1 is 0.559 bits per heavy atom. The molecule has 34 heavy (non-hydrogen) atoms. The molecule has 0 unspecified atom stereocenters. The van der Waals surface area contributed by atoms with Crippen molar-refractivity contribution in [3.63, 3.8) is 0 Å². The summed E-state index contributed by atoms with van der Waals surface area (Å²) in [5.41, 5.74) is 0. The van der Waals surface area contributed by atoms with Gasteiger partial charge in [0.2, 0.25) is 0 Å². The lowest BCUT2D eigenvalue weighted by molar-refractivity contribution is -0.148. The van der Waals surface area contributed by atoms with Gasteiger partial charge in [-0.05, 0) is 44.6 Å². The molecule has 0 aromatic heterocycles. The smallest absolute Gasteiger partial charge is 0.187 e. The van der Waals surface area contributed by atoms with E-state index in [1.165, 1.54) is 122 Å². The highest BCUT2D eigenvalue weighted by molar-refractivity contribution is 4.72. The van der Waals surface area contributed by atoms with Crippen LogP contribution in [-0.4, -0.2) is 33.4 Å². The Bertz CT molecular complexity index is 366. The first kappa shape index (κ1) is 33.4. The minimum absolute atomic E-state index is 0.000972. The number of hydrogen-bond donors (Lipinski definition) is 0. The van der Waals surface area contributed by atoms with E-state index < -0.39 is 0 Å². The van der Waals surface area contributed by atoms with Crippen LogP contribution in [-0.2, 0) is 18.9 Å². The maximum atomic E-state index is 6.17. The first-order valence-electron chi connectivity index (χ1n) is 14.8. The van der Waals surface area contributed by atoms with Crippen molar-refractivity contribution in [2.45, 2.75) is 155 Å². The highest BCUT2D eigenvalue weighted by Gasteiger charge is 2.09. The summed E-state index contributed by atoms with van der Waals surface area (Å²) in [6, 6.07) is 0. The van der Waals surface area contributed by atoms with Gasteiger partial charge in [-0.15, -0.1) is 0 Å². The van der Waals surface area contributed by atoms with Gasteiger partial charge >= 0.3 is 0 Å². The molecule has 204 valence electrons. The minimum Gasteiger partial charge on any atom is -0.476 e. The normalized spacial score (nSPS) is 11.8. The van der Waals surface area contributed by atoms with Crippen molar-refractivity contribution in [1.82, 2.24) is 0 Å². The van der Waals surface area contributed by atoms with Gasteiger partial charge in [0.25, 0.3) is 0 Å². The topological polar surface area (TPSA) is 36.9 Å². The zero-order chi connectivity index (χ0) is 24.8. The Labute approximate surface area is 213 Å². The standard InChI is InChI=1S/C30H60O4/c1-4-6-8-10-14-19-23-27-33-30(34-28-24-20-15-11-9-7-5-2)25-21-17-13-12-16-18-22-26-32-29-31-3/h22,26,30H,4-21,23-25,27-29H2,1-3H3. The van der Waals surface area contributed by atoms with Crippen LogP contribution < -0.4 is 0 Å². The summed E-state index contributed by atoms with van der Waals surface area (Å²) in [7, 11) is 1.64. The summed E-state index contributed by atoms with van der Waals surface area (Å²) in [4.78, 5) is 0. The average Bonchev–Trinajstić information content (AvgIpc) is 2.85. The molecule has 0 aliphatic carbocycles. The second kappa shape index (κ2) is 30.5. The number of methoxy groups -OCH3 is 1. The molecule has 0 fully saturated rings. The van der Waals surface area contributed by atoms with Crippen LogP contribution in [0.1, 0.15) is 149 Å². The Morgan fingerprint density at radius 2 is 1.03 bits per heavy atom. The van der Waals surface area contributed by atoms with E-state index in [1.54, 1.807) is 13.4 Å². The van der Waals surface area contributed by atoms with Crippen molar-refractivity contribution in [3.05, 3.63) is 12.3 Å². The van der Waals surface area contributed by atoms with E-state index in [0.717, 1.165) is 26.1 Å². The molecule has 0 amide bonds. The Kier molecular flexibility index (Phi) is 29.9. The SMILES string of the molecule is CCCCCCCCCOC(CCCCCCCC=COCOC)OCCCCCCCCC. The quantitative estimate of drug-likeness (QED) is 0.0601. The molecule has 4 heteroatoms. The summed E-state index contributed by atoms with van der Waals surface area (Å²) < 4.78 is 22.3. The molecule has 0 heterocycles. The number of allylic oxidation sites excluding steroid dienone is 1. The van der Waals surface area contributed by atoms with Crippen molar-refractivity contribution in [2.75, 3.05) is 27.1 Å². The molecule has 0 rings (SSSR count). The number of rotatable bonds is 29. The Hall–Kier alpha value is -0.580. The molecule has 4 nitrogen and oxygen atoms in total. The third-order valence-electron chi connectivity index (χ3n) is 6.29. The van der Waals surface area contributed by atoms with E-state index in [-0.39, 0.29) is 6.29 Å². The molecule has 0 saturated heterocycles. The van der Waals surface area contributed by atoms with Gasteiger partial charge in [-0.3, -0.25) is 0 Å². The van der Waals surface area contributed by atoms with Crippen molar-refractivity contribution in [1.29, 1.82) is 0 Å². The molecule has 0 atom stereocenters. The average molecular weight is 485 g/mol. The van der Waals surface area contributed by atoms with E-state index in [9.17, 15) is 0 Å². The predicted octanol–water partition coefficient (Wildman–Crippen LogP) is 9.71. The molecule has 0 bridgehead atoms. The van der Waals surface area contributed by atoms with Gasteiger partial charge in [0.1, 0.15) is 0 Å². The summed E-state index contributed by atoms with van der Waals surface area (Å²) >= 11 is 0. The van der Waals surface area contributed by atoms with E-state index in [0.29, 0.717) is 6.79 Å². The first-order chi connectivity index (χ1) is 16.8. The third kappa shape index (κ3) is 27.7. The van der Waals surface area contributed by atoms with Gasteiger partial charge in [0.15, 0.2) is 13.1 Å². The van der Waals surface area contributed by atoms with E-state index in [4.69, 9.17) is 18.9 Å². The third-order valence-corrected chi connectivity index (χ3v) is 6.29. The van der Waals surface area contributed by atoms with Crippen molar-refractivity contribution < 1.29 is 18.9 Å². The zero-order valence-electron chi connectivity index (χ0n) is 23.3. The van der Waals surface area contributed by atoms with E-state index in [1.807, 2.05) is 0 Å². The molecule has 0 radical (unpaired) electrons. The second-order valence-corrected chi connectivity index (χ2v) is 9.70. The Morgan fingerprint density at radius 3 is 1.56 bits per heavy atom. The van der Waals surface area contributed by atoms with Crippen LogP contribution in [0.2, 0.25) is 0 Å². The fourth-order valence-electron chi connectivity index (χ4n) is 4.11. The fraction of sp³-hybridized carbons (Fsp3) is 0.933. The summed E-state index contributed by atoms with van der Waals surface area (Å²) in [6.45, 7) is 6.59. The molecule has 0 aliphatic heterocycles. The Balaban J connectivity index is 3.87. The fourth-order valence-corrected chi connectivity index (χ4v) is 4.11. The molecule has 0 aromatic rings. The van der Waals surface area contributed by atoms with Crippen LogP contribution >= 0.6 is 0 Å². The predicted molar refractivity (Wildman–Crippen MR) is 146 cm³/mol. The monoisotopic (exact) mass is 484 g/mol. The van der Waals surface area contributed by atoms with Gasteiger partial charge in [-0.1, -0.05) is 110 Å². The highest BCUT2D eigenvalue weighted by atomic mass is 16.7. The molecule has 0 spiro atoms.